The molecule has 0 saturated carbocycles. The fourth-order valence-corrected chi connectivity index (χ4v) is 2.48. The maximum absolute atomic E-state index is 9.13. The second-order valence-corrected chi connectivity index (χ2v) is 4.82. The largest absolute Gasteiger partial charge is 0.343 e. The van der Waals surface area contributed by atoms with Crippen LogP contribution < -0.4 is 4.90 Å². The molecule has 0 spiro atoms. The van der Waals surface area contributed by atoms with Crippen molar-refractivity contribution in [1.29, 1.82) is 10.5 Å². The standard InChI is InChI=1S/C15H10BrN3/c1-19(14-5-3-2-4-12(14)10-18)15-7-6-11(9-17)8-13(15)16/h2-8H,1H3. The van der Waals surface area contributed by atoms with Gasteiger partial charge in [-0.2, -0.15) is 10.5 Å². The van der Waals surface area contributed by atoms with Crippen molar-refractivity contribution in [2.45, 2.75) is 0 Å². The molecule has 2 aromatic carbocycles. The van der Waals surface area contributed by atoms with Gasteiger partial charge in [0.1, 0.15) is 6.07 Å². The van der Waals surface area contributed by atoms with Crippen LogP contribution in [0.25, 0.3) is 0 Å². The monoisotopic (exact) mass is 311 g/mol. The molecule has 0 atom stereocenters. The molecule has 0 amide bonds. The molecule has 4 heteroatoms. The summed E-state index contributed by atoms with van der Waals surface area (Å²) >= 11 is 3.46. The van der Waals surface area contributed by atoms with Crippen LogP contribution in [0.3, 0.4) is 0 Å². The average molecular weight is 312 g/mol. The third-order valence-corrected chi connectivity index (χ3v) is 3.46. The highest BCUT2D eigenvalue weighted by atomic mass is 79.9. The van der Waals surface area contributed by atoms with E-state index in [4.69, 9.17) is 10.5 Å². The number of nitriles is 2. The molecular formula is C15H10BrN3. The quantitative estimate of drug-likeness (QED) is 0.843. The lowest BCUT2D eigenvalue weighted by atomic mass is 10.1. The summed E-state index contributed by atoms with van der Waals surface area (Å²) in [6, 6.07) is 17.1. The Balaban J connectivity index is 2.48. The summed E-state index contributed by atoms with van der Waals surface area (Å²) in [5.41, 5.74) is 2.94. The van der Waals surface area contributed by atoms with Crippen molar-refractivity contribution < 1.29 is 0 Å². The summed E-state index contributed by atoms with van der Waals surface area (Å²) in [5.74, 6) is 0. The van der Waals surface area contributed by atoms with Gasteiger partial charge in [0.25, 0.3) is 0 Å². The van der Waals surface area contributed by atoms with E-state index >= 15 is 0 Å². The zero-order chi connectivity index (χ0) is 13.8. The summed E-state index contributed by atoms with van der Waals surface area (Å²) in [6.07, 6.45) is 0. The van der Waals surface area contributed by atoms with Crippen molar-refractivity contribution in [3.63, 3.8) is 0 Å². The van der Waals surface area contributed by atoms with Gasteiger partial charge in [0.15, 0.2) is 0 Å². The molecule has 0 N–H and O–H groups in total. The molecule has 0 fully saturated rings. The number of hydrogen-bond donors (Lipinski definition) is 0. The molecule has 0 unspecified atom stereocenters. The topological polar surface area (TPSA) is 50.8 Å². The van der Waals surface area contributed by atoms with Crippen LogP contribution in [0.5, 0.6) is 0 Å². The van der Waals surface area contributed by atoms with Crippen LogP contribution in [0, 0.1) is 22.7 Å². The Kier molecular flexibility index (Phi) is 3.85. The third kappa shape index (κ3) is 2.59. The van der Waals surface area contributed by atoms with Crippen LogP contribution in [0.15, 0.2) is 46.9 Å². The minimum Gasteiger partial charge on any atom is -0.343 e. The fraction of sp³-hybridized carbons (Fsp3) is 0.0667. The van der Waals surface area contributed by atoms with Crippen LogP contribution in [0.4, 0.5) is 11.4 Å². The van der Waals surface area contributed by atoms with Crippen LogP contribution in [-0.4, -0.2) is 7.05 Å². The van der Waals surface area contributed by atoms with Crippen LogP contribution >= 0.6 is 15.9 Å². The Morgan fingerprint density at radius 1 is 1.00 bits per heavy atom. The summed E-state index contributed by atoms with van der Waals surface area (Å²) in [4.78, 5) is 1.92. The Morgan fingerprint density at radius 2 is 1.74 bits per heavy atom. The zero-order valence-electron chi connectivity index (χ0n) is 10.3. The normalized spacial score (nSPS) is 9.47. The first-order chi connectivity index (χ1) is 9.17. The van der Waals surface area contributed by atoms with Gasteiger partial charge in [0.2, 0.25) is 0 Å². The van der Waals surface area contributed by atoms with E-state index in [1.54, 1.807) is 18.2 Å². The number of anilines is 2. The highest BCUT2D eigenvalue weighted by Crippen LogP contribution is 2.32. The van der Waals surface area contributed by atoms with Gasteiger partial charge < -0.3 is 4.90 Å². The second-order valence-electron chi connectivity index (χ2n) is 3.97. The highest BCUT2D eigenvalue weighted by Gasteiger charge is 2.11. The van der Waals surface area contributed by atoms with Crippen molar-refractivity contribution in [3.8, 4) is 12.1 Å². The van der Waals surface area contributed by atoms with E-state index < -0.39 is 0 Å². The first-order valence-electron chi connectivity index (χ1n) is 5.60. The van der Waals surface area contributed by atoms with E-state index in [9.17, 15) is 0 Å². The summed E-state index contributed by atoms with van der Waals surface area (Å²) in [6.45, 7) is 0. The number of rotatable bonds is 2. The van der Waals surface area contributed by atoms with Gasteiger partial charge in [-0.1, -0.05) is 12.1 Å². The minimum atomic E-state index is 0.595. The number of nitrogens with zero attached hydrogens (tertiary/aromatic N) is 3. The van der Waals surface area contributed by atoms with Crippen molar-refractivity contribution >= 4 is 27.3 Å². The molecule has 2 aromatic rings. The van der Waals surface area contributed by atoms with Gasteiger partial charge in [-0.3, -0.25) is 0 Å². The first-order valence-corrected chi connectivity index (χ1v) is 6.39. The van der Waals surface area contributed by atoms with Crippen LogP contribution in [0.2, 0.25) is 0 Å². The molecule has 0 radical (unpaired) electrons. The highest BCUT2D eigenvalue weighted by molar-refractivity contribution is 9.10. The molecule has 0 aliphatic rings. The molecule has 0 bridgehead atoms. The number of benzene rings is 2. The maximum Gasteiger partial charge on any atom is 0.101 e. The minimum absolute atomic E-state index is 0.595. The van der Waals surface area contributed by atoms with E-state index in [-0.39, 0.29) is 0 Å². The predicted molar refractivity (Wildman–Crippen MR) is 78.1 cm³/mol. The Labute approximate surface area is 120 Å². The molecule has 19 heavy (non-hydrogen) atoms. The van der Waals surface area contributed by atoms with Crippen molar-refractivity contribution in [2.75, 3.05) is 11.9 Å². The van der Waals surface area contributed by atoms with Gasteiger partial charge in [0, 0.05) is 11.5 Å². The lowest BCUT2D eigenvalue weighted by Crippen LogP contribution is -2.11. The summed E-state index contributed by atoms with van der Waals surface area (Å²) < 4.78 is 0.821. The van der Waals surface area contributed by atoms with E-state index in [0.717, 1.165) is 15.8 Å². The molecule has 3 nitrogen and oxygen atoms in total. The van der Waals surface area contributed by atoms with Gasteiger partial charge >= 0.3 is 0 Å². The molecular weight excluding hydrogens is 302 g/mol. The zero-order valence-corrected chi connectivity index (χ0v) is 11.8. The lowest BCUT2D eigenvalue weighted by Gasteiger charge is -2.22. The number of halogens is 1. The number of para-hydroxylation sites is 1. The predicted octanol–water partition coefficient (Wildman–Crippen LogP) is 3.96. The molecule has 2 rings (SSSR count). The smallest absolute Gasteiger partial charge is 0.101 e. The van der Waals surface area contributed by atoms with Crippen LogP contribution in [0.1, 0.15) is 11.1 Å². The van der Waals surface area contributed by atoms with Crippen molar-refractivity contribution in [2.24, 2.45) is 0 Å². The summed E-state index contributed by atoms with van der Waals surface area (Å²) in [7, 11) is 1.89. The van der Waals surface area contributed by atoms with E-state index in [0.29, 0.717) is 11.1 Å². The average Bonchev–Trinajstić information content (AvgIpc) is 2.46. The second kappa shape index (κ2) is 5.56. The van der Waals surface area contributed by atoms with E-state index in [1.807, 2.05) is 36.2 Å². The van der Waals surface area contributed by atoms with Gasteiger partial charge in [-0.15, -0.1) is 0 Å². The van der Waals surface area contributed by atoms with Crippen molar-refractivity contribution in [1.82, 2.24) is 0 Å². The molecule has 0 aliphatic heterocycles. The fourth-order valence-electron chi connectivity index (χ4n) is 1.84. The first kappa shape index (κ1) is 13.1. The third-order valence-electron chi connectivity index (χ3n) is 2.82. The van der Waals surface area contributed by atoms with Gasteiger partial charge in [-0.05, 0) is 46.3 Å². The molecule has 92 valence electrons. The van der Waals surface area contributed by atoms with Crippen LogP contribution in [-0.2, 0) is 0 Å². The Bertz CT molecular complexity index is 695. The lowest BCUT2D eigenvalue weighted by molar-refractivity contribution is 1.19. The Morgan fingerprint density at radius 3 is 2.37 bits per heavy atom. The molecule has 0 heterocycles. The maximum atomic E-state index is 9.13. The Hall–Kier alpha value is -2.30. The van der Waals surface area contributed by atoms with Gasteiger partial charge in [-0.25, -0.2) is 0 Å². The van der Waals surface area contributed by atoms with Crippen molar-refractivity contribution in [3.05, 3.63) is 58.1 Å². The summed E-state index contributed by atoms with van der Waals surface area (Å²) in [5, 5.41) is 18.0. The SMILES string of the molecule is CN(c1ccc(C#N)cc1Br)c1ccccc1C#N. The molecule has 0 saturated heterocycles. The van der Waals surface area contributed by atoms with Gasteiger partial charge in [0.05, 0.1) is 28.6 Å². The van der Waals surface area contributed by atoms with E-state index in [2.05, 4.69) is 28.1 Å². The molecule has 0 aromatic heterocycles. The number of hydrogen-bond acceptors (Lipinski definition) is 3. The molecule has 0 aliphatic carbocycles. The van der Waals surface area contributed by atoms with E-state index in [1.165, 1.54) is 0 Å².